The number of carbonyl (C=O) groups is 2. The van der Waals surface area contributed by atoms with Gasteiger partial charge in [-0.2, -0.15) is 0 Å². The van der Waals surface area contributed by atoms with Gasteiger partial charge in [0.15, 0.2) is 0 Å². The van der Waals surface area contributed by atoms with Gasteiger partial charge in [-0.3, -0.25) is 9.59 Å². The number of thioether (sulfide) groups is 1. The Morgan fingerprint density at radius 1 is 1.20 bits per heavy atom. The maximum Gasteiger partial charge on any atom is 0.201 e. The summed E-state index contributed by atoms with van der Waals surface area (Å²) in [6.07, 6.45) is 1.36. The lowest BCUT2D eigenvalue weighted by atomic mass is 10.2. The first-order valence-corrected chi connectivity index (χ1v) is 5.81. The van der Waals surface area contributed by atoms with E-state index < -0.39 is 0 Å². The molecule has 0 fully saturated rings. The smallest absolute Gasteiger partial charge is 0.201 e. The molecule has 0 aliphatic rings. The second-order valence-electron chi connectivity index (χ2n) is 3.25. The van der Waals surface area contributed by atoms with Gasteiger partial charge in [0.2, 0.25) is 5.12 Å². The minimum absolute atomic E-state index is 0.0333. The third-order valence-electron chi connectivity index (χ3n) is 1.85. The largest absolute Gasteiger partial charge is 0.299 e. The predicted octanol–water partition coefficient (Wildman–Crippen LogP) is 3.06. The van der Waals surface area contributed by atoms with Crippen LogP contribution < -0.4 is 0 Å². The molecule has 0 radical (unpaired) electrons. The zero-order valence-electron chi connectivity index (χ0n) is 8.73. The van der Waals surface area contributed by atoms with Crippen molar-refractivity contribution in [3.63, 3.8) is 0 Å². The van der Waals surface area contributed by atoms with Gasteiger partial charge in [0.05, 0.1) is 6.42 Å². The molecular formula is C12H14O2S. The minimum atomic E-state index is -0.0698. The lowest BCUT2D eigenvalue weighted by Crippen LogP contribution is -2.03. The summed E-state index contributed by atoms with van der Waals surface area (Å²) >= 11 is 1.14. The molecule has 15 heavy (non-hydrogen) atoms. The second kappa shape index (κ2) is 6.40. The molecule has 0 bridgehead atoms. The summed E-state index contributed by atoms with van der Waals surface area (Å²) in [6.45, 7) is 1.94. The van der Waals surface area contributed by atoms with Crippen LogP contribution in [0, 0.1) is 0 Å². The Morgan fingerprint density at radius 2 is 1.87 bits per heavy atom. The highest BCUT2D eigenvalue weighted by Gasteiger charge is 2.09. The maximum absolute atomic E-state index is 11.4. The second-order valence-corrected chi connectivity index (χ2v) is 4.38. The summed E-state index contributed by atoms with van der Waals surface area (Å²) in [4.78, 5) is 23.5. The molecule has 2 nitrogen and oxygen atoms in total. The van der Waals surface area contributed by atoms with E-state index in [0.29, 0.717) is 6.42 Å². The van der Waals surface area contributed by atoms with Crippen molar-refractivity contribution in [2.24, 2.45) is 0 Å². The molecule has 0 aliphatic heterocycles. The van der Waals surface area contributed by atoms with Crippen LogP contribution in [0.15, 0.2) is 35.2 Å². The number of hydrogen-bond acceptors (Lipinski definition) is 3. The molecule has 1 aromatic rings. The van der Waals surface area contributed by atoms with Crippen LogP contribution >= 0.6 is 11.8 Å². The lowest BCUT2D eigenvalue weighted by Gasteiger charge is -1.99. The minimum Gasteiger partial charge on any atom is -0.299 e. The van der Waals surface area contributed by atoms with Gasteiger partial charge in [0.1, 0.15) is 5.78 Å². The molecule has 0 spiro atoms. The molecule has 0 aromatic heterocycles. The summed E-state index contributed by atoms with van der Waals surface area (Å²) in [5.74, 6) is 0.0333. The molecule has 80 valence electrons. The molecule has 0 unspecified atom stereocenters. The van der Waals surface area contributed by atoms with Crippen LogP contribution in [0.5, 0.6) is 0 Å². The molecule has 1 rings (SSSR count). The van der Waals surface area contributed by atoms with Gasteiger partial charge >= 0.3 is 0 Å². The fraction of sp³-hybridized carbons (Fsp3) is 0.333. The number of ketones is 1. The molecule has 0 amide bonds. The van der Waals surface area contributed by atoms with Gasteiger partial charge in [0, 0.05) is 11.3 Å². The van der Waals surface area contributed by atoms with Gasteiger partial charge in [-0.25, -0.2) is 0 Å². The van der Waals surface area contributed by atoms with Gasteiger partial charge < -0.3 is 0 Å². The summed E-state index contributed by atoms with van der Waals surface area (Å²) in [7, 11) is 0. The van der Waals surface area contributed by atoms with E-state index in [2.05, 4.69) is 0 Å². The Balaban J connectivity index is 2.40. The van der Waals surface area contributed by atoms with Crippen LogP contribution in [0.2, 0.25) is 0 Å². The summed E-state index contributed by atoms with van der Waals surface area (Å²) < 4.78 is 0. The quantitative estimate of drug-likeness (QED) is 0.567. The van der Waals surface area contributed by atoms with E-state index in [9.17, 15) is 9.59 Å². The Morgan fingerprint density at radius 3 is 2.47 bits per heavy atom. The Hall–Kier alpha value is -1.09. The van der Waals surface area contributed by atoms with Crippen molar-refractivity contribution in [3.05, 3.63) is 30.3 Å². The fourth-order valence-electron chi connectivity index (χ4n) is 1.18. The molecule has 0 saturated heterocycles. The van der Waals surface area contributed by atoms with Crippen LogP contribution in [-0.4, -0.2) is 10.9 Å². The van der Waals surface area contributed by atoms with Gasteiger partial charge in [-0.05, 0) is 18.6 Å². The first-order valence-electron chi connectivity index (χ1n) is 4.99. The molecular weight excluding hydrogens is 208 g/mol. The van der Waals surface area contributed by atoms with Crippen molar-refractivity contribution in [1.82, 2.24) is 0 Å². The van der Waals surface area contributed by atoms with E-state index in [1.165, 1.54) is 0 Å². The predicted molar refractivity (Wildman–Crippen MR) is 61.8 cm³/mol. The molecule has 0 atom stereocenters. The first kappa shape index (κ1) is 12.0. The van der Waals surface area contributed by atoms with Crippen LogP contribution in [0.1, 0.15) is 26.2 Å². The van der Waals surface area contributed by atoms with Crippen LogP contribution in [-0.2, 0) is 9.59 Å². The highest BCUT2D eigenvalue weighted by molar-refractivity contribution is 8.13. The third-order valence-corrected chi connectivity index (χ3v) is 2.73. The van der Waals surface area contributed by atoms with Crippen molar-refractivity contribution < 1.29 is 9.59 Å². The standard InChI is InChI=1S/C12H14O2S/c1-2-6-10(13)9-12(14)15-11-7-4-3-5-8-11/h3-5,7-8H,2,6,9H2,1H3. The zero-order chi connectivity index (χ0) is 11.1. The van der Waals surface area contributed by atoms with Crippen molar-refractivity contribution in [2.75, 3.05) is 0 Å². The third kappa shape index (κ3) is 4.79. The molecule has 0 N–H and O–H groups in total. The Kier molecular flexibility index (Phi) is 5.12. The average molecular weight is 222 g/mol. The van der Waals surface area contributed by atoms with Gasteiger partial charge in [-0.15, -0.1) is 0 Å². The van der Waals surface area contributed by atoms with Crippen molar-refractivity contribution in [2.45, 2.75) is 31.1 Å². The van der Waals surface area contributed by atoms with Crippen molar-refractivity contribution in [3.8, 4) is 0 Å². The molecule has 0 aliphatic carbocycles. The summed E-state index contributed by atoms with van der Waals surface area (Å²) in [6, 6.07) is 9.39. The van der Waals surface area contributed by atoms with E-state index in [4.69, 9.17) is 0 Å². The fourth-order valence-corrected chi connectivity index (χ4v) is 1.97. The van der Waals surface area contributed by atoms with E-state index in [-0.39, 0.29) is 17.3 Å². The van der Waals surface area contributed by atoms with E-state index in [1.54, 1.807) is 0 Å². The van der Waals surface area contributed by atoms with Crippen molar-refractivity contribution >= 4 is 22.7 Å². The first-order chi connectivity index (χ1) is 7.22. The molecule has 0 saturated carbocycles. The zero-order valence-corrected chi connectivity index (χ0v) is 9.55. The molecule has 0 heterocycles. The van der Waals surface area contributed by atoms with E-state index in [1.807, 2.05) is 37.3 Å². The highest BCUT2D eigenvalue weighted by atomic mass is 32.2. The molecule has 1 aromatic carbocycles. The Labute approximate surface area is 94.1 Å². The topological polar surface area (TPSA) is 34.1 Å². The average Bonchev–Trinajstić information content (AvgIpc) is 2.19. The van der Waals surface area contributed by atoms with Gasteiger partial charge in [0.25, 0.3) is 0 Å². The maximum atomic E-state index is 11.4. The summed E-state index contributed by atoms with van der Waals surface area (Å²) in [5.41, 5.74) is 0. The van der Waals surface area contributed by atoms with E-state index >= 15 is 0 Å². The number of hydrogen-bond donors (Lipinski definition) is 0. The number of Topliss-reactive ketones (excluding diaryl/α,β-unsaturated/α-hetero) is 1. The number of rotatable bonds is 5. The van der Waals surface area contributed by atoms with Crippen LogP contribution in [0.4, 0.5) is 0 Å². The van der Waals surface area contributed by atoms with Crippen LogP contribution in [0.25, 0.3) is 0 Å². The summed E-state index contributed by atoms with van der Waals surface area (Å²) in [5, 5.41) is -0.0698. The van der Waals surface area contributed by atoms with Crippen molar-refractivity contribution in [1.29, 1.82) is 0 Å². The number of benzene rings is 1. The Bertz CT molecular complexity index is 333. The lowest BCUT2D eigenvalue weighted by molar-refractivity contribution is -0.123. The van der Waals surface area contributed by atoms with Crippen LogP contribution in [0.3, 0.4) is 0 Å². The van der Waals surface area contributed by atoms with Gasteiger partial charge in [-0.1, -0.05) is 36.9 Å². The van der Waals surface area contributed by atoms with E-state index in [0.717, 1.165) is 23.1 Å². The molecule has 3 heteroatoms. The normalized spacial score (nSPS) is 9.93. The monoisotopic (exact) mass is 222 g/mol. The number of carbonyl (C=O) groups excluding carboxylic acids is 2. The highest BCUT2D eigenvalue weighted by Crippen LogP contribution is 2.19. The SMILES string of the molecule is CCCC(=O)CC(=O)Sc1ccccc1.